The fraction of sp³-hybridized carbons (Fsp3) is 0.474. The summed E-state index contributed by atoms with van der Waals surface area (Å²) < 4.78 is 36.4. The molecule has 4 bridgehead atoms. The smallest absolute Gasteiger partial charge is 0.410 e. The zero-order valence-corrected chi connectivity index (χ0v) is 61.6. The molecule has 5 aromatic rings. The normalized spacial score (nSPS) is 23.8. The fourth-order valence-corrected chi connectivity index (χ4v) is 13.6. The molecule has 31 heteroatoms. The number of primary amides is 1. The van der Waals surface area contributed by atoms with Gasteiger partial charge < -0.3 is 90.6 Å². The van der Waals surface area contributed by atoms with E-state index in [9.17, 15) is 68.4 Å². The fourth-order valence-electron chi connectivity index (χ4n) is 13.6. The number of hydrogen-bond donors (Lipinski definition) is 10. The van der Waals surface area contributed by atoms with Crippen molar-refractivity contribution < 1.29 is 91.7 Å². The van der Waals surface area contributed by atoms with Crippen LogP contribution < -0.4 is 58.0 Å². The Morgan fingerprint density at radius 1 is 0.832 bits per heavy atom. The molecular weight excluding hydrogens is 1390 g/mol. The first kappa shape index (κ1) is 80.2. The second kappa shape index (κ2) is 34.5. The van der Waals surface area contributed by atoms with Crippen molar-refractivity contribution in [2.75, 3.05) is 61.9 Å². The molecule has 574 valence electrons. The van der Waals surface area contributed by atoms with Crippen molar-refractivity contribution in [3.05, 3.63) is 121 Å². The molecule has 31 nitrogen and oxygen atoms in total. The summed E-state index contributed by atoms with van der Waals surface area (Å²) in [7, 11) is 1.41. The van der Waals surface area contributed by atoms with E-state index in [4.69, 9.17) is 38.8 Å². The number of anilines is 3. The van der Waals surface area contributed by atoms with Gasteiger partial charge in [0.25, 0.3) is 17.7 Å². The van der Waals surface area contributed by atoms with Crippen LogP contribution in [0.3, 0.4) is 0 Å². The van der Waals surface area contributed by atoms with Crippen LogP contribution in [0.15, 0.2) is 98.7 Å². The Morgan fingerprint density at radius 2 is 1.52 bits per heavy atom. The highest BCUT2D eigenvalue weighted by molar-refractivity contribution is 6.17. The minimum absolute atomic E-state index is 0.0159. The molecule has 1 aromatic heterocycles. The van der Waals surface area contributed by atoms with Crippen LogP contribution in [0.2, 0.25) is 0 Å². The zero-order valence-electron chi connectivity index (χ0n) is 61.6. The number of phenols is 1. The first-order valence-electron chi connectivity index (χ1n) is 35.6. The average molecular weight is 1480 g/mol. The van der Waals surface area contributed by atoms with Crippen molar-refractivity contribution in [1.82, 2.24) is 30.7 Å². The van der Waals surface area contributed by atoms with E-state index in [1.54, 1.807) is 71.9 Å². The summed E-state index contributed by atoms with van der Waals surface area (Å²) in [6.07, 6.45) is 6.72. The van der Waals surface area contributed by atoms with Crippen molar-refractivity contribution in [1.29, 1.82) is 0 Å². The van der Waals surface area contributed by atoms with Crippen LogP contribution in [-0.2, 0) is 59.1 Å². The first-order chi connectivity index (χ1) is 50.7. The van der Waals surface area contributed by atoms with Crippen LogP contribution >= 0.6 is 0 Å². The number of carbonyl (C=O) groups is 9. The largest absolute Gasteiger partial charge is 0.507 e. The molecule has 9 rings (SSSR count). The maximum absolute atomic E-state index is 15.2. The number of aliphatic hydroxyl groups excluding tert-OH is 3. The summed E-state index contributed by atoms with van der Waals surface area (Å²) in [5.41, 5.74) is 3.45. The van der Waals surface area contributed by atoms with Gasteiger partial charge >= 0.3 is 23.9 Å². The van der Waals surface area contributed by atoms with Gasteiger partial charge in [-0.1, -0.05) is 78.3 Å². The number of ether oxygens (including phenoxy) is 5. The van der Waals surface area contributed by atoms with Crippen molar-refractivity contribution >= 4 is 109 Å². The summed E-state index contributed by atoms with van der Waals surface area (Å²) in [5, 5.41) is 60.3. The maximum Gasteiger partial charge on any atom is 0.410 e. The van der Waals surface area contributed by atoms with Crippen LogP contribution in [0, 0.1) is 36.5 Å². The number of nitrogens with two attached hydrogens (primary N) is 1. The van der Waals surface area contributed by atoms with Gasteiger partial charge in [0, 0.05) is 143 Å². The molecule has 4 aromatic carbocycles. The van der Waals surface area contributed by atoms with Crippen LogP contribution in [-0.4, -0.2) is 177 Å². The minimum Gasteiger partial charge on any atom is -0.507 e. The minimum atomic E-state index is -2.08. The van der Waals surface area contributed by atoms with Gasteiger partial charge in [0.15, 0.2) is 22.4 Å². The first-order valence-corrected chi connectivity index (χ1v) is 35.6. The number of benzene rings is 4. The quantitative estimate of drug-likeness (QED) is 0.0142. The van der Waals surface area contributed by atoms with E-state index < -0.39 is 141 Å². The molecule has 0 aliphatic carbocycles. The highest BCUT2D eigenvalue weighted by atomic mass is 16.7. The van der Waals surface area contributed by atoms with Gasteiger partial charge in [-0.2, -0.15) is 0 Å². The lowest BCUT2D eigenvalue weighted by Gasteiger charge is -2.38. The van der Waals surface area contributed by atoms with E-state index >= 15 is 4.79 Å². The predicted molar refractivity (Wildman–Crippen MR) is 394 cm³/mol. The van der Waals surface area contributed by atoms with Gasteiger partial charge in [0.1, 0.15) is 47.5 Å². The second-order valence-corrected chi connectivity index (χ2v) is 28.0. The number of nitrogens with zero attached hydrogens (tertiary/aromatic N) is 4. The number of aromatic nitrogens is 1. The van der Waals surface area contributed by atoms with Crippen LogP contribution in [0.5, 0.6) is 11.5 Å². The monoisotopic (exact) mass is 1480 g/mol. The maximum atomic E-state index is 15.2. The van der Waals surface area contributed by atoms with Gasteiger partial charge in [0.05, 0.1) is 35.2 Å². The number of hydrogen-bond acceptors (Lipinski definition) is 23. The second-order valence-electron chi connectivity index (χ2n) is 28.0. The molecule has 5 heterocycles. The third-order valence-electron chi connectivity index (χ3n) is 20.0. The number of amides is 9. The Bertz CT molecular complexity index is 4570. The number of nitrogens with one attached hydrogen (secondary N) is 5. The molecule has 9 amide bonds. The number of fused-ring (bicyclic) bond motifs is 2. The van der Waals surface area contributed by atoms with Crippen LogP contribution in [0.1, 0.15) is 112 Å². The number of carbonyl (C=O) groups excluding carboxylic acids is 9. The molecule has 1 fully saturated rings. The Balaban J connectivity index is 0.911. The standard InChI is InChI=1S/C76H94N10O21/c1-38(2)59(81-53(89)20-13-12-14-29-86-54(90)25-26-55(86)91)73(99)80-49(19-16-28-78-74(77)100)72(98)79-47-23-21-46(22-24-47)37-103-75(101)85-32-30-84(31-33-85)48-35-50(88)60-52(36-48)106-69-61(82-60)56-57-65(94)44(8)68-58(56)70(96)76(10,107-68)104-34-27-51(102-11)41(5)67(105-45(9)87)43(7)64(93)42(6)63(92)39(3)17-15-18-40(4)71(97)83-62(69)66(57)95/h15,17-18,21-27,34-36,38-39,41-43,49,51,59,63-64,67,92-94,96H,12-14,16,19-20,28-33,37H2,1-11H3,(H,79,98)(H,80,99)(H,81,89)(H,83,97)(H3,77,78,100)/b17-15+,34-27+,40-18-/t39-,41+,42+,43+,49-,51-,59-,63-,64+,67+,76-/m0/s1. The lowest BCUT2D eigenvalue weighted by molar-refractivity contribution is -0.160. The van der Waals surface area contributed by atoms with E-state index in [2.05, 4.69) is 26.6 Å². The molecule has 4 aliphatic rings. The van der Waals surface area contributed by atoms with E-state index in [-0.39, 0.29) is 133 Å². The Hall–Kier alpha value is -10.9. The molecule has 4 aliphatic heterocycles. The predicted octanol–water partition coefficient (Wildman–Crippen LogP) is 5.52. The molecule has 11 N–H and O–H groups in total. The number of piperazine rings is 1. The highest BCUT2D eigenvalue weighted by Crippen LogP contribution is 2.43. The molecule has 107 heavy (non-hydrogen) atoms. The van der Waals surface area contributed by atoms with Crippen molar-refractivity contribution in [3.8, 4) is 11.5 Å². The topological polar surface area (TPSA) is 437 Å². The lowest BCUT2D eigenvalue weighted by atomic mass is 9.78. The van der Waals surface area contributed by atoms with Crippen LogP contribution in [0.4, 0.5) is 26.7 Å². The van der Waals surface area contributed by atoms with Crippen LogP contribution in [0.25, 0.3) is 38.7 Å². The Morgan fingerprint density at radius 3 is 2.18 bits per heavy atom. The van der Waals surface area contributed by atoms with E-state index in [1.165, 1.54) is 88.5 Å². The molecule has 0 unspecified atom stereocenters. The molecule has 1 saturated heterocycles. The molecule has 0 saturated carbocycles. The third kappa shape index (κ3) is 18.3. The van der Waals surface area contributed by atoms with Gasteiger partial charge in [0.2, 0.25) is 28.6 Å². The number of methoxy groups -OCH3 is 1. The van der Waals surface area contributed by atoms with Crippen molar-refractivity contribution in [2.45, 2.75) is 157 Å². The van der Waals surface area contributed by atoms with Crippen molar-refractivity contribution in [3.63, 3.8) is 0 Å². The Labute approximate surface area is 616 Å². The average Bonchev–Trinajstić information content (AvgIpc) is 1.68. The zero-order chi connectivity index (χ0) is 78.0. The summed E-state index contributed by atoms with van der Waals surface area (Å²) in [6.45, 7) is 16.6. The summed E-state index contributed by atoms with van der Waals surface area (Å²) in [6, 6.07) is 6.36. The summed E-state index contributed by atoms with van der Waals surface area (Å²) >= 11 is 0. The molecule has 11 atom stereocenters. The summed E-state index contributed by atoms with van der Waals surface area (Å²) in [5.74, 6) is -10.4. The van der Waals surface area contributed by atoms with Gasteiger partial charge in [-0.3, -0.25) is 48.1 Å². The lowest BCUT2D eigenvalue weighted by Crippen LogP contribution is -2.54. The van der Waals surface area contributed by atoms with E-state index in [0.717, 1.165) is 4.90 Å². The Kier molecular flexibility index (Phi) is 25.9. The van der Waals surface area contributed by atoms with Gasteiger partial charge in [-0.15, -0.1) is 0 Å². The number of imide groups is 1. The number of esters is 1. The number of phenolic OH excluding ortho intramolecular Hbond substituents is 1. The number of urea groups is 1. The number of aromatic hydroxyl groups is 1. The van der Waals surface area contributed by atoms with Gasteiger partial charge in [-0.25, -0.2) is 14.6 Å². The van der Waals surface area contributed by atoms with E-state index in [1.807, 2.05) is 4.90 Å². The molecular formula is C76H94N10O21. The SMILES string of the molecule is CO[C@H]1/C=C/O[C@@]2(C)Oc3c(C)c(O)c4c(=O)c(c5oc6cc(N7CCN(C(=O)OCc8ccc(NC(=O)[C@H](CCCNC(N)=O)NC(=O)[C@@H](NC(=O)CCCCCN9C(=O)C=CC9=O)C(C)C)cc8)CC7)cc(=O)c6nc5c4c3=C2O)NC(=O)/C(C)=C\C=C\[C@H](C)[C@H](O)[C@@H](C)[C@@H](O)[C@@H](C)[C@H](OC(C)=O)[C@@H]1C. The summed E-state index contributed by atoms with van der Waals surface area (Å²) in [4.78, 5) is 155. The van der Waals surface area contributed by atoms with E-state index in [0.29, 0.717) is 36.2 Å². The molecule has 0 radical (unpaired) electrons. The number of aliphatic hydroxyl groups is 3. The number of rotatable bonds is 21. The number of unbranched alkanes of at least 4 members (excludes halogenated alkanes) is 2. The van der Waals surface area contributed by atoms with Crippen molar-refractivity contribution in [2.24, 2.45) is 35.3 Å². The molecule has 0 spiro atoms. The third-order valence-corrected chi connectivity index (χ3v) is 20.0. The van der Waals surface area contributed by atoms with Gasteiger partial charge in [-0.05, 0) is 69.2 Å². The number of allylic oxidation sites excluding steroid dienone is 2. The highest BCUT2D eigenvalue weighted by Gasteiger charge is 2.45.